The molecule has 1 atom stereocenters. The maximum absolute atomic E-state index is 13.3. The van der Waals surface area contributed by atoms with Crippen LogP contribution in [0.2, 0.25) is 0 Å². The maximum Gasteiger partial charge on any atom is 0.264 e. The number of ether oxygens (including phenoxy) is 1. The highest BCUT2D eigenvalue weighted by Gasteiger charge is 2.45. The Labute approximate surface area is 227 Å². The Hall–Kier alpha value is -3.56. The highest BCUT2D eigenvalue weighted by atomic mass is 16.5. The summed E-state index contributed by atoms with van der Waals surface area (Å²) >= 11 is 0. The smallest absolute Gasteiger partial charge is 0.264 e. The van der Waals surface area contributed by atoms with Gasteiger partial charge in [0.25, 0.3) is 11.8 Å². The number of carbonyl (C=O) groups is 4. The largest absolute Gasteiger partial charge is 0.380 e. The summed E-state index contributed by atoms with van der Waals surface area (Å²) in [6, 6.07) is 12.6. The summed E-state index contributed by atoms with van der Waals surface area (Å²) in [7, 11) is 0. The van der Waals surface area contributed by atoms with Gasteiger partial charge in [0.05, 0.1) is 17.2 Å². The molecule has 9 heteroatoms. The van der Waals surface area contributed by atoms with E-state index in [4.69, 9.17) is 4.74 Å². The van der Waals surface area contributed by atoms with Crippen molar-refractivity contribution in [3.8, 4) is 0 Å². The van der Waals surface area contributed by atoms with Gasteiger partial charge in [-0.2, -0.15) is 0 Å². The normalized spacial score (nSPS) is 22.3. The van der Waals surface area contributed by atoms with E-state index in [1.807, 2.05) is 0 Å². The summed E-state index contributed by atoms with van der Waals surface area (Å²) in [5, 5.41) is 5.54. The fourth-order valence-corrected chi connectivity index (χ4v) is 5.67. The first-order chi connectivity index (χ1) is 19.0. The lowest BCUT2D eigenvalue weighted by molar-refractivity contribution is -0.136. The molecule has 3 aliphatic heterocycles. The molecule has 0 aromatic heterocycles. The standard InChI is InChI=1S/C30H34N4O5/c35-26-11-10-25(28(36)32-26)34-29(37)23-2-1-3-24(27(23)30(34)38)31-16-19-4-6-20(7-5-19)17-33-14-12-22(13-15-33)39-18-21-8-9-21/h1-7,21-22,25,31H,8-18H2,(H,32,35,36). The van der Waals surface area contributed by atoms with Gasteiger partial charge in [0, 0.05) is 44.9 Å². The summed E-state index contributed by atoms with van der Waals surface area (Å²) < 4.78 is 6.06. The molecule has 204 valence electrons. The fraction of sp³-hybridized carbons (Fsp3) is 0.467. The molecule has 1 saturated carbocycles. The Bertz CT molecular complexity index is 1280. The predicted molar refractivity (Wildman–Crippen MR) is 144 cm³/mol. The van der Waals surface area contributed by atoms with E-state index in [9.17, 15) is 19.2 Å². The van der Waals surface area contributed by atoms with Gasteiger partial charge in [-0.05, 0) is 61.3 Å². The number of carbonyl (C=O) groups excluding carboxylic acids is 4. The molecular weight excluding hydrogens is 496 g/mol. The Morgan fingerprint density at radius 1 is 0.872 bits per heavy atom. The van der Waals surface area contributed by atoms with E-state index >= 15 is 0 Å². The SMILES string of the molecule is O=C1CCC(N2C(=O)c3cccc(NCc4ccc(CN5CCC(OCC6CC6)CC5)cc4)c3C2=O)C(=O)N1. The zero-order valence-electron chi connectivity index (χ0n) is 22.0. The van der Waals surface area contributed by atoms with Crippen LogP contribution in [0.5, 0.6) is 0 Å². The van der Waals surface area contributed by atoms with Gasteiger partial charge in [-0.1, -0.05) is 30.3 Å². The van der Waals surface area contributed by atoms with Crippen molar-refractivity contribution >= 4 is 29.3 Å². The zero-order chi connectivity index (χ0) is 26.9. The number of hydrogen-bond donors (Lipinski definition) is 2. The molecule has 0 radical (unpaired) electrons. The predicted octanol–water partition coefficient (Wildman–Crippen LogP) is 3.09. The fourth-order valence-electron chi connectivity index (χ4n) is 5.67. The van der Waals surface area contributed by atoms with E-state index < -0.39 is 23.8 Å². The number of nitrogens with one attached hydrogen (secondary N) is 2. The Balaban J connectivity index is 1.04. The average Bonchev–Trinajstić information content (AvgIpc) is 3.74. The van der Waals surface area contributed by atoms with Crippen LogP contribution in [0.3, 0.4) is 0 Å². The number of rotatable bonds is 9. The molecule has 6 rings (SSSR count). The summed E-state index contributed by atoms with van der Waals surface area (Å²) in [4.78, 5) is 53.7. The van der Waals surface area contributed by atoms with Crippen LogP contribution in [0, 0.1) is 5.92 Å². The van der Waals surface area contributed by atoms with Crippen LogP contribution in [0.1, 0.15) is 70.4 Å². The van der Waals surface area contributed by atoms with Crippen molar-refractivity contribution in [3.05, 3.63) is 64.7 Å². The molecule has 1 aliphatic carbocycles. The molecular formula is C30H34N4O5. The number of fused-ring (bicyclic) bond motifs is 1. The molecule has 9 nitrogen and oxygen atoms in total. The topological polar surface area (TPSA) is 108 Å². The highest BCUT2D eigenvalue weighted by Crippen LogP contribution is 2.33. The second kappa shape index (κ2) is 10.9. The lowest BCUT2D eigenvalue weighted by Gasteiger charge is -2.32. The molecule has 4 amide bonds. The lowest BCUT2D eigenvalue weighted by Crippen LogP contribution is -2.54. The second-order valence-electron chi connectivity index (χ2n) is 11.1. The molecule has 2 aromatic carbocycles. The second-order valence-corrected chi connectivity index (χ2v) is 11.1. The van der Waals surface area contributed by atoms with E-state index in [2.05, 4.69) is 39.8 Å². The third kappa shape index (κ3) is 5.60. The van der Waals surface area contributed by atoms with Crippen molar-refractivity contribution in [1.29, 1.82) is 0 Å². The van der Waals surface area contributed by atoms with Gasteiger partial charge in [0.1, 0.15) is 6.04 Å². The number of nitrogens with zero attached hydrogens (tertiary/aromatic N) is 2. The Morgan fingerprint density at radius 3 is 2.33 bits per heavy atom. The molecule has 3 heterocycles. The van der Waals surface area contributed by atoms with Crippen LogP contribution in [-0.2, 0) is 27.4 Å². The van der Waals surface area contributed by atoms with Gasteiger partial charge in [0.2, 0.25) is 11.8 Å². The molecule has 3 fully saturated rings. The van der Waals surface area contributed by atoms with E-state index in [1.54, 1.807) is 18.2 Å². The molecule has 2 N–H and O–H groups in total. The Kier molecular flexibility index (Phi) is 7.18. The van der Waals surface area contributed by atoms with Crippen LogP contribution in [0.25, 0.3) is 0 Å². The molecule has 39 heavy (non-hydrogen) atoms. The number of piperidine rings is 2. The molecule has 0 bridgehead atoms. The first-order valence-corrected chi connectivity index (χ1v) is 14.0. The van der Waals surface area contributed by atoms with Crippen LogP contribution >= 0.6 is 0 Å². The number of imide groups is 2. The first kappa shape index (κ1) is 25.7. The molecule has 1 unspecified atom stereocenters. The first-order valence-electron chi connectivity index (χ1n) is 14.0. The van der Waals surface area contributed by atoms with Gasteiger partial charge in [-0.25, -0.2) is 0 Å². The van der Waals surface area contributed by atoms with Crippen LogP contribution < -0.4 is 10.6 Å². The van der Waals surface area contributed by atoms with Gasteiger partial charge in [-0.15, -0.1) is 0 Å². The van der Waals surface area contributed by atoms with Gasteiger partial charge < -0.3 is 10.1 Å². The van der Waals surface area contributed by atoms with E-state index in [-0.39, 0.29) is 29.9 Å². The van der Waals surface area contributed by atoms with E-state index in [1.165, 1.54) is 18.4 Å². The summed E-state index contributed by atoms with van der Waals surface area (Å²) in [5.41, 5.74) is 3.41. The molecule has 2 saturated heterocycles. The van der Waals surface area contributed by atoms with Crippen LogP contribution in [-0.4, -0.2) is 65.3 Å². The van der Waals surface area contributed by atoms with Crippen molar-refractivity contribution in [2.75, 3.05) is 25.0 Å². The number of amides is 4. The van der Waals surface area contributed by atoms with Crippen LogP contribution in [0.15, 0.2) is 42.5 Å². The number of benzene rings is 2. The van der Waals surface area contributed by atoms with E-state index in [0.29, 0.717) is 18.3 Å². The van der Waals surface area contributed by atoms with E-state index in [0.717, 1.165) is 55.5 Å². The number of anilines is 1. The summed E-state index contributed by atoms with van der Waals surface area (Å²) in [6.45, 7) is 4.46. The Morgan fingerprint density at radius 2 is 1.62 bits per heavy atom. The number of likely N-dealkylation sites (tertiary alicyclic amines) is 1. The van der Waals surface area contributed by atoms with Crippen molar-refractivity contribution < 1.29 is 23.9 Å². The van der Waals surface area contributed by atoms with Crippen molar-refractivity contribution in [2.45, 2.75) is 63.8 Å². The molecule has 2 aromatic rings. The van der Waals surface area contributed by atoms with Crippen LogP contribution in [0.4, 0.5) is 5.69 Å². The minimum Gasteiger partial charge on any atom is -0.380 e. The third-order valence-electron chi connectivity index (χ3n) is 8.18. The molecule has 4 aliphatic rings. The highest BCUT2D eigenvalue weighted by molar-refractivity contribution is 6.25. The zero-order valence-corrected chi connectivity index (χ0v) is 22.0. The maximum atomic E-state index is 13.3. The average molecular weight is 531 g/mol. The summed E-state index contributed by atoms with van der Waals surface area (Å²) in [6.07, 6.45) is 5.50. The lowest BCUT2D eigenvalue weighted by atomic mass is 10.0. The van der Waals surface area contributed by atoms with Crippen molar-refractivity contribution in [2.24, 2.45) is 5.92 Å². The minimum atomic E-state index is -0.975. The van der Waals surface area contributed by atoms with Gasteiger partial charge >= 0.3 is 0 Å². The quantitative estimate of drug-likeness (QED) is 0.480. The molecule has 0 spiro atoms. The third-order valence-corrected chi connectivity index (χ3v) is 8.18. The number of hydrogen-bond acceptors (Lipinski definition) is 7. The van der Waals surface area contributed by atoms with Crippen molar-refractivity contribution in [3.63, 3.8) is 0 Å². The minimum absolute atomic E-state index is 0.0952. The van der Waals surface area contributed by atoms with Gasteiger partial charge in [-0.3, -0.25) is 34.3 Å². The monoisotopic (exact) mass is 530 g/mol. The van der Waals surface area contributed by atoms with Crippen molar-refractivity contribution in [1.82, 2.24) is 15.1 Å². The summed E-state index contributed by atoms with van der Waals surface area (Å²) in [5.74, 6) is -1.20. The van der Waals surface area contributed by atoms with Gasteiger partial charge in [0.15, 0.2) is 0 Å².